The molecule has 17 heavy (non-hydrogen) atoms. The second-order valence-corrected chi connectivity index (χ2v) is 4.02. The van der Waals surface area contributed by atoms with Crippen molar-refractivity contribution in [2.45, 2.75) is 20.3 Å². The highest BCUT2D eigenvalue weighted by molar-refractivity contribution is 5.63. The van der Waals surface area contributed by atoms with Gasteiger partial charge in [-0.1, -0.05) is 37.3 Å². The molecular formula is C14H17N3. The van der Waals surface area contributed by atoms with Crippen LogP contribution in [0.2, 0.25) is 0 Å². The molecule has 0 radical (unpaired) electrons. The van der Waals surface area contributed by atoms with Crippen LogP contribution in [0.1, 0.15) is 18.9 Å². The molecule has 1 aromatic heterocycles. The normalized spacial score (nSPS) is 10.2. The lowest BCUT2D eigenvalue weighted by Gasteiger charge is -2.08. The van der Waals surface area contributed by atoms with Crippen LogP contribution in [-0.4, -0.2) is 16.5 Å². The van der Waals surface area contributed by atoms with Crippen molar-refractivity contribution in [3.63, 3.8) is 0 Å². The molecule has 2 rings (SSSR count). The fourth-order valence-electron chi connectivity index (χ4n) is 1.65. The van der Waals surface area contributed by atoms with Crippen LogP contribution >= 0.6 is 0 Å². The van der Waals surface area contributed by atoms with Crippen LogP contribution in [0.3, 0.4) is 0 Å². The van der Waals surface area contributed by atoms with Crippen LogP contribution < -0.4 is 5.32 Å². The number of nitrogens with one attached hydrogen (secondary N) is 1. The molecular weight excluding hydrogens is 210 g/mol. The van der Waals surface area contributed by atoms with Gasteiger partial charge in [-0.15, -0.1) is 0 Å². The monoisotopic (exact) mass is 227 g/mol. The van der Waals surface area contributed by atoms with E-state index in [0.717, 1.165) is 29.8 Å². The van der Waals surface area contributed by atoms with E-state index in [0.29, 0.717) is 5.95 Å². The van der Waals surface area contributed by atoms with E-state index >= 15 is 0 Å². The Morgan fingerprint density at radius 3 is 2.65 bits per heavy atom. The minimum Gasteiger partial charge on any atom is -0.354 e. The van der Waals surface area contributed by atoms with Crippen molar-refractivity contribution >= 4 is 5.95 Å². The Labute approximate surface area is 102 Å². The van der Waals surface area contributed by atoms with E-state index in [9.17, 15) is 0 Å². The van der Waals surface area contributed by atoms with E-state index in [4.69, 9.17) is 0 Å². The highest BCUT2D eigenvalue weighted by Gasteiger charge is 2.05. The molecule has 1 N–H and O–H groups in total. The number of rotatable bonds is 4. The molecule has 3 nitrogen and oxygen atoms in total. The summed E-state index contributed by atoms with van der Waals surface area (Å²) in [5, 5.41) is 3.21. The van der Waals surface area contributed by atoms with Gasteiger partial charge in [-0.3, -0.25) is 0 Å². The summed E-state index contributed by atoms with van der Waals surface area (Å²) in [5.41, 5.74) is 3.23. The molecule has 0 unspecified atom stereocenters. The summed E-state index contributed by atoms with van der Waals surface area (Å²) in [7, 11) is 0. The average molecular weight is 227 g/mol. The minimum atomic E-state index is 0.705. The summed E-state index contributed by atoms with van der Waals surface area (Å²) in [6.45, 7) is 5.06. The SMILES string of the molecule is CCCNc1ncc(C)c(-c2ccccc2)n1. The fraction of sp³-hybridized carbons (Fsp3) is 0.286. The highest BCUT2D eigenvalue weighted by Crippen LogP contribution is 2.21. The lowest BCUT2D eigenvalue weighted by molar-refractivity contribution is 0.951. The van der Waals surface area contributed by atoms with Gasteiger partial charge in [-0.25, -0.2) is 9.97 Å². The molecule has 0 atom stereocenters. The van der Waals surface area contributed by atoms with Crippen molar-refractivity contribution in [1.82, 2.24) is 9.97 Å². The first-order valence-electron chi connectivity index (χ1n) is 5.94. The van der Waals surface area contributed by atoms with E-state index in [2.05, 4.69) is 34.3 Å². The lowest BCUT2D eigenvalue weighted by atomic mass is 10.1. The van der Waals surface area contributed by atoms with Crippen LogP contribution in [-0.2, 0) is 0 Å². The van der Waals surface area contributed by atoms with E-state index in [1.807, 2.05) is 31.3 Å². The third-order valence-corrected chi connectivity index (χ3v) is 2.55. The quantitative estimate of drug-likeness (QED) is 0.871. The number of aryl methyl sites for hydroxylation is 1. The van der Waals surface area contributed by atoms with Gasteiger partial charge in [0.15, 0.2) is 0 Å². The molecule has 0 amide bonds. The first-order chi connectivity index (χ1) is 8.31. The number of hydrogen-bond acceptors (Lipinski definition) is 3. The maximum Gasteiger partial charge on any atom is 0.223 e. The van der Waals surface area contributed by atoms with Crippen molar-refractivity contribution in [3.8, 4) is 11.3 Å². The van der Waals surface area contributed by atoms with Gasteiger partial charge in [-0.2, -0.15) is 0 Å². The highest BCUT2D eigenvalue weighted by atomic mass is 15.1. The summed E-state index contributed by atoms with van der Waals surface area (Å²) in [4.78, 5) is 8.84. The first-order valence-corrected chi connectivity index (χ1v) is 5.94. The van der Waals surface area contributed by atoms with Gasteiger partial charge in [0.2, 0.25) is 5.95 Å². The Hall–Kier alpha value is -1.90. The number of benzene rings is 1. The van der Waals surface area contributed by atoms with Gasteiger partial charge in [0.25, 0.3) is 0 Å². The number of anilines is 1. The van der Waals surface area contributed by atoms with Gasteiger partial charge in [0, 0.05) is 18.3 Å². The molecule has 0 spiro atoms. The summed E-state index contributed by atoms with van der Waals surface area (Å²) in [5.74, 6) is 0.705. The molecule has 0 aliphatic heterocycles. The molecule has 0 fully saturated rings. The standard InChI is InChI=1S/C14H17N3/c1-3-9-15-14-16-10-11(2)13(17-14)12-7-5-4-6-8-12/h4-8,10H,3,9H2,1-2H3,(H,15,16,17). The van der Waals surface area contributed by atoms with Gasteiger partial charge in [0.05, 0.1) is 5.69 Å². The van der Waals surface area contributed by atoms with Crippen molar-refractivity contribution in [1.29, 1.82) is 0 Å². The van der Waals surface area contributed by atoms with Crippen LogP contribution in [0.5, 0.6) is 0 Å². The Kier molecular flexibility index (Phi) is 3.70. The smallest absolute Gasteiger partial charge is 0.223 e. The Morgan fingerprint density at radius 1 is 1.18 bits per heavy atom. The molecule has 3 heteroatoms. The van der Waals surface area contributed by atoms with Crippen molar-refractivity contribution in [3.05, 3.63) is 42.1 Å². The lowest BCUT2D eigenvalue weighted by Crippen LogP contribution is -2.05. The van der Waals surface area contributed by atoms with Crippen LogP contribution in [0.25, 0.3) is 11.3 Å². The number of aromatic nitrogens is 2. The second-order valence-electron chi connectivity index (χ2n) is 4.02. The third-order valence-electron chi connectivity index (χ3n) is 2.55. The second kappa shape index (κ2) is 5.43. The van der Waals surface area contributed by atoms with E-state index in [1.165, 1.54) is 0 Å². The maximum atomic E-state index is 4.56. The van der Waals surface area contributed by atoms with Crippen LogP contribution in [0, 0.1) is 6.92 Å². The van der Waals surface area contributed by atoms with E-state index in [1.54, 1.807) is 0 Å². The van der Waals surface area contributed by atoms with Gasteiger partial charge < -0.3 is 5.32 Å². The van der Waals surface area contributed by atoms with Crippen molar-refractivity contribution < 1.29 is 0 Å². The van der Waals surface area contributed by atoms with Crippen molar-refractivity contribution in [2.75, 3.05) is 11.9 Å². The molecule has 88 valence electrons. The van der Waals surface area contributed by atoms with Crippen molar-refractivity contribution in [2.24, 2.45) is 0 Å². The summed E-state index contributed by atoms with van der Waals surface area (Å²) >= 11 is 0. The first kappa shape index (κ1) is 11.6. The zero-order valence-corrected chi connectivity index (χ0v) is 10.3. The Morgan fingerprint density at radius 2 is 1.94 bits per heavy atom. The molecule has 0 saturated carbocycles. The van der Waals surface area contributed by atoms with E-state index < -0.39 is 0 Å². The Balaban J connectivity index is 2.33. The number of hydrogen-bond donors (Lipinski definition) is 1. The molecule has 0 aliphatic rings. The van der Waals surface area contributed by atoms with Crippen LogP contribution in [0.15, 0.2) is 36.5 Å². The minimum absolute atomic E-state index is 0.705. The molecule has 1 heterocycles. The number of nitrogens with zero attached hydrogens (tertiary/aromatic N) is 2. The molecule has 0 bridgehead atoms. The van der Waals surface area contributed by atoms with Crippen LogP contribution in [0.4, 0.5) is 5.95 Å². The topological polar surface area (TPSA) is 37.8 Å². The Bertz CT molecular complexity index is 480. The largest absolute Gasteiger partial charge is 0.354 e. The van der Waals surface area contributed by atoms with Gasteiger partial charge in [-0.05, 0) is 18.9 Å². The average Bonchev–Trinajstić information content (AvgIpc) is 2.39. The summed E-state index contributed by atoms with van der Waals surface area (Å²) in [6, 6.07) is 10.2. The van der Waals surface area contributed by atoms with Gasteiger partial charge >= 0.3 is 0 Å². The molecule has 0 saturated heterocycles. The van der Waals surface area contributed by atoms with Gasteiger partial charge in [0.1, 0.15) is 0 Å². The zero-order valence-electron chi connectivity index (χ0n) is 10.3. The molecule has 1 aromatic carbocycles. The summed E-state index contributed by atoms with van der Waals surface area (Å²) < 4.78 is 0. The zero-order chi connectivity index (χ0) is 12.1. The summed E-state index contributed by atoms with van der Waals surface area (Å²) in [6.07, 6.45) is 2.94. The predicted octanol–water partition coefficient (Wildman–Crippen LogP) is 3.27. The maximum absolute atomic E-state index is 4.56. The van der Waals surface area contributed by atoms with E-state index in [-0.39, 0.29) is 0 Å². The fourth-order valence-corrected chi connectivity index (χ4v) is 1.65. The predicted molar refractivity (Wildman–Crippen MR) is 71.0 cm³/mol. The third kappa shape index (κ3) is 2.81. The molecule has 2 aromatic rings. The molecule has 0 aliphatic carbocycles.